The molecular formula is C30H29ClN6O2. The number of rotatable bonds is 10. The summed E-state index contributed by atoms with van der Waals surface area (Å²) in [4.78, 5) is 26.1. The number of carbonyl (C=O) groups excluding carboxylic acids is 1. The van der Waals surface area contributed by atoms with Gasteiger partial charge in [0.1, 0.15) is 0 Å². The first-order valence-corrected chi connectivity index (χ1v) is 13.4. The van der Waals surface area contributed by atoms with Gasteiger partial charge in [0, 0.05) is 23.0 Å². The minimum absolute atomic E-state index is 0.142. The summed E-state index contributed by atoms with van der Waals surface area (Å²) in [5, 5.41) is 14.8. The number of ketones is 1. The van der Waals surface area contributed by atoms with Crippen LogP contribution in [0.15, 0.2) is 77.7 Å². The number of nitrogens with zero attached hydrogens (tertiary/aromatic N) is 5. The van der Waals surface area contributed by atoms with Gasteiger partial charge in [-0.05, 0) is 53.8 Å². The quantitative estimate of drug-likeness (QED) is 0.170. The summed E-state index contributed by atoms with van der Waals surface area (Å²) in [6.45, 7) is 4.04. The molecule has 0 unspecified atom stereocenters. The van der Waals surface area contributed by atoms with Crippen LogP contribution in [0.4, 0.5) is 0 Å². The second-order valence-corrected chi connectivity index (χ2v) is 9.89. The molecule has 0 bridgehead atoms. The molecular weight excluding hydrogens is 512 g/mol. The van der Waals surface area contributed by atoms with Crippen molar-refractivity contribution in [1.29, 1.82) is 0 Å². The maximum atomic E-state index is 13.8. The first-order chi connectivity index (χ1) is 19.0. The van der Waals surface area contributed by atoms with E-state index >= 15 is 0 Å². The summed E-state index contributed by atoms with van der Waals surface area (Å²) in [5.41, 5.74) is 5.41. The van der Waals surface area contributed by atoms with Crippen LogP contribution in [0.1, 0.15) is 54.7 Å². The minimum Gasteiger partial charge on any atom is -0.294 e. The molecule has 0 fully saturated rings. The van der Waals surface area contributed by atoms with Gasteiger partial charge in [0.25, 0.3) is 0 Å². The van der Waals surface area contributed by atoms with Gasteiger partial charge in [0.2, 0.25) is 5.82 Å². The third-order valence-electron chi connectivity index (χ3n) is 6.82. The molecule has 0 saturated carbocycles. The molecule has 0 aliphatic heterocycles. The topological polar surface area (TPSA) is 98.5 Å². The number of benzene rings is 3. The van der Waals surface area contributed by atoms with Gasteiger partial charge in [-0.3, -0.25) is 13.9 Å². The van der Waals surface area contributed by atoms with Gasteiger partial charge < -0.3 is 0 Å². The van der Waals surface area contributed by atoms with Crippen LogP contribution in [0.25, 0.3) is 28.2 Å². The fourth-order valence-corrected chi connectivity index (χ4v) is 5.10. The molecule has 0 aliphatic rings. The zero-order valence-electron chi connectivity index (χ0n) is 21.9. The molecule has 3 aromatic carbocycles. The number of hydrogen-bond acceptors (Lipinski definition) is 5. The van der Waals surface area contributed by atoms with Crippen molar-refractivity contribution in [3.8, 4) is 28.2 Å². The van der Waals surface area contributed by atoms with Crippen molar-refractivity contribution in [2.45, 2.75) is 46.1 Å². The summed E-state index contributed by atoms with van der Waals surface area (Å²) >= 11 is 6.52. The number of aryl methyl sites for hydroxylation is 1. The van der Waals surface area contributed by atoms with E-state index in [9.17, 15) is 9.59 Å². The lowest BCUT2D eigenvalue weighted by Crippen LogP contribution is -2.25. The van der Waals surface area contributed by atoms with E-state index in [1.807, 2.05) is 54.7 Å². The van der Waals surface area contributed by atoms with E-state index in [1.165, 1.54) is 11.5 Å². The van der Waals surface area contributed by atoms with Crippen LogP contribution in [0, 0.1) is 0 Å². The van der Waals surface area contributed by atoms with Crippen LogP contribution < -0.4 is 5.69 Å². The first-order valence-electron chi connectivity index (χ1n) is 13.0. The minimum atomic E-state index is -0.219. The predicted octanol–water partition coefficient (Wildman–Crippen LogP) is 6.12. The molecule has 0 amide bonds. The molecule has 39 heavy (non-hydrogen) atoms. The average Bonchev–Trinajstić information content (AvgIpc) is 3.58. The van der Waals surface area contributed by atoms with E-state index in [0.29, 0.717) is 28.6 Å². The van der Waals surface area contributed by atoms with Crippen LogP contribution in [0.2, 0.25) is 5.02 Å². The van der Waals surface area contributed by atoms with Crippen molar-refractivity contribution in [2.75, 3.05) is 0 Å². The number of para-hydroxylation sites is 1. The van der Waals surface area contributed by atoms with Crippen molar-refractivity contribution < 1.29 is 4.79 Å². The number of aromatic amines is 1. The number of Topliss-reactive ketones (excluding diaryl/α,β-unsaturated/α-hetero) is 1. The lowest BCUT2D eigenvalue weighted by molar-refractivity contribution is 0.101. The molecule has 5 aromatic rings. The summed E-state index contributed by atoms with van der Waals surface area (Å²) in [6, 6.07) is 21.2. The fourth-order valence-electron chi connectivity index (χ4n) is 4.83. The number of carbonyl (C=O) groups is 1. The van der Waals surface area contributed by atoms with Crippen LogP contribution in [-0.4, -0.2) is 35.5 Å². The SMILES string of the molecule is CCCCCc1cn(-c2c(Cl)cccc2C(C)=O)c(=O)n1Cc1ccc(-c2ccccc2-c2nn[nH]n2)cc1. The zero-order chi connectivity index (χ0) is 27.4. The van der Waals surface area contributed by atoms with Crippen molar-refractivity contribution in [3.05, 3.63) is 105 Å². The van der Waals surface area contributed by atoms with Gasteiger partial charge in [0.05, 0.1) is 17.3 Å². The lowest BCUT2D eigenvalue weighted by Gasteiger charge is -2.10. The van der Waals surface area contributed by atoms with Crippen molar-refractivity contribution >= 4 is 17.4 Å². The molecule has 198 valence electrons. The number of H-pyrrole nitrogens is 1. The number of unbranched alkanes of at least 4 members (excludes halogenated alkanes) is 2. The van der Waals surface area contributed by atoms with Gasteiger partial charge in [0.15, 0.2) is 5.78 Å². The van der Waals surface area contributed by atoms with E-state index in [0.717, 1.165) is 53.6 Å². The Bertz CT molecular complexity index is 1650. The summed E-state index contributed by atoms with van der Waals surface area (Å²) in [5.74, 6) is 0.389. The third-order valence-corrected chi connectivity index (χ3v) is 7.13. The highest BCUT2D eigenvalue weighted by Crippen LogP contribution is 2.30. The second kappa shape index (κ2) is 11.6. The summed E-state index contributed by atoms with van der Waals surface area (Å²) in [6.07, 6.45) is 5.70. The highest BCUT2D eigenvalue weighted by molar-refractivity contribution is 6.33. The number of aromatic nitrogens is 6. The van der Waals surface area contributed by atoms with Crippen molar-refractivity contribution in [2.24, 2.45) is 0 Å². The normalized spacial score (nSPS) is 11.2. The van der Waals surface area contributed by atoms with Gasteiger partial charge >= 0.3 is 5.69 Å². The highest BCUT2D eigenvalue weighted by Gasteiger charge is 2.19. The van der Waals surface area contributed by atoms with E-state index in [-0.39, 0.29) is 11.5 Å². The monoisotopic (exact) mass is 540 g/mol. The van der Waals surface area contributed by atoms with Crippen LogP contribution in [0.3, 0.4) is 0 Å². The highest BCUT2D eigenvalue weighted by atomic mass is 35.5. The molecule has 9 heteroatoms. The van der Waals surface area contributed by atoms with Gasteiger partial charge in [-0.2, -0.15) is 5.21 Å². The molecule has 2 aromatic heterocycles. The number of tetrazole rings is 1. The molecule has 2 heterocycles. The van der Waals surface area contributed by atoms with Crippen LogP contribution in [0.5, 0.6) is 0 Å². The fraction of sp³-hybridized carbons (Fsp3) is 0.233. The maximum absolute atomic E-state index is 13.8. The summed E-state index contributed by atoms with van der Waals surface area (Å²) < 4.78 is 3.31. The van der Waals surface area contributed by atoms with Crippen LogP contribution >= 0.6 is 11.6 Å². The molecule has 0 radical (unpaired) electrons. The lowest BCUT2D eigenvalue weighted by atomic mass is 9.98. The van der Waals surface area contributed by atoms with Crippen molar-refractivity contribution in [3.63, 3.8) is 0 Å². The maximum Gasteiger partial charge on any atom is 0.333 e. The van der Waals surface area contributed by atoms with E-state index in [4.69, 9.17) is 11.6 Å². The molecule has 5 rings (SSSR count). The van der Waals surface area contributed by atoms with Gasteiger partial charge in [-0.25, -0.2) is 4.79 Å². The molecule has 0 spiro atoms. The smallest absolute Gasteiger partial charge is 0.294 e. The number of hydrogen-bond donors (Lipinski definition) is 1. The zero-order valence-corrected chi connectivity index (χ0v) is 22.7. The van der Waals surface area contributed by atoms with E-state index < -0.39 is 0 Å². The number of nitrogens with one attached hydrogen (secondary N) is 1. The Morgan fingerprint density at radius 3 is 2.44 bits per heavy atom. The molecule has 0 aliphatic carbocycles. The Morgan fingerprint density at radius 1 is 0.974 bits per heavy atom. The standard InChI is InChI=1S/C30H29ClN6O2/c1-3-4-5-9-23-19-37(28-24(20(2)38)12-8-13-27(28)31)30(39)36(23)18-21-14-16-22(17-15-21)25-10-6-7-11-26(25)29-32-34-35-33-29/h6-8,10-17,19H,3-5,9,18H2,1-2H3,(H,32,33,34,35). The predicted molar refractivity (Wildman–Crippen MR) is 152 cm³/mol. The van der Waals surface area contributed by atoms with Crippen LogP contribution in [-0.2, 0) is 13.0 Å². The summed E-state index contributed by atoms with van der Waals surface area (Å²) in [7, 11) is 0. The molecule has 0 atom stereocenters. The Balaban J connectivity index is 1.51. The van der Waals surface area contributed by atoms with E-state index in [1.54, 1.807) is 22.8 Å². The molecule has 0 saturated heterocycles. The van der Waals surface area contributed by atoms with Crippen molar-refractivity contribution in [1.82, 2.24) is 29.8 Å². The third kappa shape index (κ3) is 5.47. The molecule has 1 N–H and O–H groups in total. The largest absolute Gasteiger partial charge is 0.333 e. The Labute approximate surface area is 231 Å². The Kier molecular flexibility index (Phi) is 7.84. The van der Waals surface area contributed by atoms with Gasteiger partial charge in [-0.1, -0.05) is 86.0 Å². The molecule has 8 nitrogen and oxygen atoms in total. The van der Waals surface area contributed by atoms with Gasteiger partial charge in [-0.15, -0.1) is 10.2 Å². The van der Waals surface area contributed by atoms with E-state index in [2.05, 4.69) is 27.5 Å². The number of imidazole rings is 1. The average molecular weight is 541 g/mol. The Morgan fingerprint density at radius 2 is 1.74 bits per heavy atom. The second-order valence-electron chi connectivity index (χ2n) is 9.49. The first kappa shape index (κ1) is 26.3. The Hall–Kier alpha value is -4.30. The number of halogens is 1.